The number of carbonyl (C=O) groups is 1. The molecular formula is C24H29N3O3. The van der Waals surface area contributed by atoms with E-state index in [9.17, 15) is 4.79 Å². The summed E-state index contributed by atoms with van der Waals surface area (Å²) in [7, 11) is 3.22. The SMILES string of the molecule is C/C=C\C=C(/CCC)c1ncc(C(=O)NC)c2c1Oc1c(C)c(C)cc(OC)c1N2. The second kappa shape index (κ2) is 9.03. The standard InChI is InChI=1S/C24H29N3O3/c1-7-9-11-16(10-8-2)19-23-20(17(13-26-19)24(28)25-5)27-21-18(29-6)12-14(3)15(4)22(21)30-23/h7,9,11-13,27H,8,10H2,1-6H3,(H,25,28)/b9-7-,16-11+. The number of carbonyl (C=O) groups excluding carboxylic acids is 1. The van der Waals surface area contributed by atoms with E-state index in [0.717, 1.165) is 35.2 Å². The van der Waals surface area contributed by atoms with Crippen molar-refractivity contribution >= 4 is 22.9 Å². The molecule has 1 aromatic heterocycles. The molecule has 6 heteroatoms. The number of methoxy groups -OCH3 is 1. The molecule has 0 aliphatic carbocycles. The minimum absolute atomic E-state index is 0.234. The van der Waals surface area contributed by atoms with Crippen LogP contribution >= 0.6 is 0 Å². The molecule has 0 unspecified atom stereocenters. The van der Waals surface area contributed by atoms with E-state index in [-0.39, 0.29) is 5.91 Å². The fourth-order valence-corrected chi connectivity index (χ4v) is 3.50. The Morgan fingerprint density at radius 2 is 2.07 bits per heavy atom. The van der Waals surface area contributed by atoms with Crippen molar-refractivity contribution in [3.05, 3.63) is 52.9 Å². The number of hydrogen-bond donors (Lipinski definition) is 2. The van der Waals surface area contributed by atoms with Crippen LogP contribution in [0.1, 0.15) is 53.9 Å². The van der Waals surface area contributed by atoms with Crippen LogP contribution in [0, 0.1) is 13.8 Å². The molecule has 1 amide bonds. The number of aryl methyl sites for hydroxylation is 1. The van der Waals surface area contributed by atoms with Gasteiger partial charge in [0.25, 0.3) is 5.91 Å². The maximum absolute atomic E-state index is 12.5. The van der Waals surface area contributed by atoms with Crippen LogP contribution in [0.15, 0.2) is 30.5 Å². The van der Waals surface area contributed by atoms with Gasteiger partial charge in [-0.05, 0) is 50.0 Å². The van der Waals surface area contributed by atoms with Gasteiger partial charge >= 0.3 is 0 Å². The Balaban J connectivity index is 2.28. The van der Waals surface area contributed by atoms with Crippen molar-refractivity contribution in [2.45, 2.75) is 40.5 Å². The number of pyridine rings is 1. The molecule has 2 aromatic rings. The Kier molecular flexibility index (Phi) is 6.45. The van der Waals surface area contributed by atoms with Crippen LogP contribution in [0.4, 0.5) is 11.4 Å². The number of rotatable bonds is 6. The van der Waals surface area contributed by atoms with Crippen LogP contribution in [0.5, 0.6) is 17.2 Å². The average molecular weight is 408 g/mol. The highest BCUT2D eigenvalue weighted by atomic mass is 16.5. The number of aromatic nitrogens is 1. The van der Waals surface area contributed by atoms with Crippen LogP contribution in [0.3, 0.4) is 0 Å². The summed E-state index contributed by atoms with van der Waals surface area (Å²) in [4.78, 5) is 17.2. The molecule has 3 rings (SSSR count). The van der Waals surface area contributed by atoms with Crippen LogP contribution < -0.4 is 20.1 Å². The average Bonchev–Trinajstić information content (AvgIpc) is 2.76. The van der Waals surface area contributed by atoms with Gasteiger partial charge in [0.1, 0.15) is 17.1 Å². The van der Waals surface area contributed by atoms with E-state index in [1.165, 1.54) is 0 Å². The summed E-state index contributed by atoms with van der Waals surface area (Å²) in [6, 6.07) is 1.96. The van der Waals surface area contributed by atoms with Crippen molar-refractivity contribution in [1.82, 2.24) is 10.3 Å². The summed E-state index contributed by atoms with van der Waals surface area (Å²) in [5, 5.41) is 6.09. The van der Waals surface area contributed by atoms with Crippen molar-refractivity contribution in [1.29, 1.82) is 0 Å². The summed E-state index contributed by atoms with van der Waals surface area (Å²) >= 11 is 0. The highest BCUT2D eigenvalue weighted by Crippen LogP contribution is 2.52. The van der Waals surface area contributed by atoms with E-state index in [4.69, 9.17) is 9.47 Å². The number of hydrogen-bond acceptors (Lipinski definition) is 5. The molecule has 1 aliphatic rings. The van der Waals surface area contributed by atoms with Gasteiger partial charge in [0.15, 0.2) is 11.5 Å². The molecule has 2 N–H and O–H groups in total. The molecular weight excluding hydrogens is 378 g/mol. The molecule has 0 radical (unpaired) electrons. The van der Waals surface area contributed by atoms with Crippen LogP contribution in [0.25, 0.3) is 5.57 Å². The number of fused-ring (bicyclic) bond motifs is 2. The van der Waals surface area contributed by atoms with Gasteiger partial charge in [0, 0.05) is 13.2 Å². The van der Waals surface area contributed by atoms with Crippen molar-refractivity contribution in [2.24, 2.45) is 0 Å². The minimum atomic E-state index is -0.234. The lowest BCUT2D eigenvalue weighted by Crippen LogP contribution is -2.21. The van der Waals surface area contributed by atoms with Crippen LogP contribution in [-0.4, -0.2) is 25.0 Å². The molecule has 1 aliphatic heterocycles. The first-order valence-electron chi connectivity index (χ1n) is 10.2. The van der Waals surface area contributed by atoms with E-state index in [0.29, 0.717) is 34.2 Å². The smallest absolute Gasteiger partial charge is 0.254 e. The Labute approximate surface area is 178 Å². The minimum Gasteiger partial charge on any atom is -0.494 e. The number of nitrogens with zero attached hydrogens (tertiary/aromatic N) is 1. The van der Waals surface area contributed by atoms with Crippen molar-refractivity contribution < 1.29 is 14.3 Å². The van der Waals surface area contributed by atoms with Gasteiger partial charge in [-0.2, -0.15) is 0 Å². The van der Waals surface area contributed by atoms with Crippen molar-refractivity contribution in [3.8, 4) is 17.2 Å². The van der Waals surface area contributed by atoms with Gasteiger partial charge in [0.2, 0.25) is 0 Å². The van der Waals surface area contributed by atoms with Gasteiger partial charge in [-0.1, -0.05) is 31.6 Å². The fraction of sp³-hybridized carbons (Fsp3) is 0.333. The summed E-state index contributed by atoms with van der Waals surface area (Å²) in [5.74, 6) is 1.68. The zero-order chi connectivity index (χ0) is 21.8. The Hall–Kier alpha value is -3.28. The molecule has 1 aromatic carbocycles. The van der Waals surface area contributed by atoms with Crippen LogP contribution in [-0.2, 0) is 0 Å². The second-order valence-corrected chi connectivity index (χ2v) is 7.22. The maximum Gasteiger partial charge on any atom is 0.254 e. The predicted octanol–water partition coefficient (Wildman–Crippen LogP) is 5.68. The Morgan fingerprint density at radius 1 is 1.30 bits per heavy atom. The van der Waals surface area contributed by atoms with Gasteiger partial charge in [-0.15, -0.1) is 0 Å². The summed E-state index contributed by atoms with van der Waals surface area (Å²) in [6.07, 6.45) is 9.43. The third kappa shape index (κ3) is 3.77. The van der Waals surface area contributed by atoms with Gasteiger partial charge in [0.05, 0.1) is 18.4 Å². The highest BCUT2D eigenvalue weighted by Gasteiger charge is 2.30. The molecule has 30 heavy (non-hydrogen) atoms. The van der Waals surface area contributed by atoms with E-state index in [1.807, 2.05) is 45.1 Å². The third-order valence-corrected chi connectivity index (χ3v) is 5.25. The number of benzene rings is 1. The first kappa shape index (κ1) is 21.4. The van der Waals surface area contributed by atoms with E-state index in [1.54, 1.807) is 20.4 Å². The topological polar surface area (TPSA) is 72.5 Å². The molecule has 0 fully saturated rings. The summed E-state index contributed by atoms with van der Waals surface area (Å²) < 4.78 is 12.0. The van der Waals surface area contributed by atoms with Crippen molar-refractivity contribution in [2.75, 3.05) is 19.5 Å². The molecule has 6 nitrogen and oxygen atoms in total. The first-order chi connectivity index (χ1) is 14.5. The monoisotopic (exact) mass is 407 g/mol. The quantitative estimate of drug-likeness (QED) is 0.515. The zero-order valence-corrected chi connectivity index (χ0v) is 18.5. The normalized spacial score (nSPS) is 12.7. The van der Waals surface area contributed by atoms with Gasteiger partial charge in [-0.25, -0.2) is 0 Å². The van der Waals surface area contributed by atoms with Crippen molar-refractivity contribution in [3.63, 3.8) is 0 Å². The van der Waals surface area contributed by atoms with Gasteiger partial charge in [-0.3, -0.25) is 9.78 Å². The molecule has 0 spiro atoms. The molecule has 2 heterocycles. The number of ether oxygens (including phenoxy) is 2. The zero-order valence-electron chi connectivity index (χ0n) is 18.5. The number of amides is 1. The second-order valence-electron chi connectivity index (χ2n) is 7.22. The summed E-state index contributed by atoms with van der Waals surface area (Å²) in [6.45, 7) is 8.14. The molecule has 158 valence electrons. The maximum atomic E-state index is 12.5. The number of anilines is 2. The van der Waals surface area contributed by atoms with Crippen LogP contribution in [0.2, 0.25) is 0 Å². The Bertz CT molecular complexity index is 1040. The first-order valence-corrected chi connectivity index (χ1v) is 10.2. The highest BCUT2D eigenvalue weighted by molar-refractivity contribution is 6.03. The molecule has 0 atom stereocenters. The lowest BCUT2D eigenvalue weighted by molar-refractivity contribution is 0.0963. The molecule has 0 saturated carbocycles. The summed E-state index contributed by atoms with van der Waals surface area (Å²) in [5.41, 5.74) is 5.58. The van der Waals surface area contributed by atoms with E-state index in [2.05, 4.69) is 22.5 Å². The van der Waals surface area contributed by atoms with Gasteiger partial charge < -0.3 is 20.1 Å². The molecule has 0 bridgehead atoms. The molecule has 0 saturated heterocycles. The predicted molar refractivity (Wildman–Crippen MR) is 121 cm³/mol. The van der Waals surface area contributed by atoms with E-state index < -0.39 is 0 Å². The lowest BCUT2D eigenvalue weighted by Gasteiger charge is -2.28. The van der Waals surface area contributed by atoms with E-state index >= 15 is 0 Å². The third-order valence-electron chi connectivity index (χ3n) is 5.25. The Morgan fingerprint density at radius 3 is 2.70 bits per heavy atom. The largest absolute Gasteiger partial charge is 0.494 e. The number of nitrogens with one attached hydrogen (secondary N) is 2. The lowest BCUT2D eigenvalue weighted by atomic mass is 10.00. The number of allylic oxidation sites excluding steroid dienone is 4. The fourth-order valence-electron chi connectivity index (χ4n) is 3.50.